The first-order chi connectivity index (χ1) is 17.0. The van der Waals surface area contributed by atoms with Crippen molar-refractivity contribution < 1.29 is 0 Å². The lowest BCUT2D eigenvalue weighted by atomic mass is 9.95. The van der Waals surface area contributed by atoms with Crippen LogP contribution in [0.25, 0.3) is 9.75 Å². The molecule has 0 bridgehead atoms. The zero-order valence-corrected chi connectivity index (χ0v) is 27.4. The zero-order valence-electron chi connectivity index (χ0n) is 24.2. The average Bonchev–Trinajstić information content (AvgIpc) is 3.57. The Morgan fingerprint density at radius 2 is 1.31 bits per heavy atom. The largest absolute Gasteiger partial charge is 0.148 e. The maximum absolute atomic E-state index is 2.66. The monoisotopic (exact) mass is 560 g/mol. The first-order valence-corrected chi connectivity index (χ1v) is 18.4. The summed E-state index contributed by atoms with van der Waals surface area (Å²) in [6.45, 7) is 21.5. The number of thiophene rings is 3. The van der Waals surface area contributed by atoms with Crippen LogP contribution >= 0.6 is 44.0 Å². The standard InChI is InChI=1S/C32H48S4/c1-10-13-15-22(12-3)21-36(28-18-17-23(33-28)16-14-11-2)24-19-26(31(4,5)6)34-29(24)30-25(36)20-27(35-30)32(7,8)9/h17-20,22H,10-16,21H2,1-9H3. The van der Waals surface area contributed by atoms with Crippen LogP contribution in [0.3, 0.4) is 0 Å². The highest BCUT2D eigenvalue weighted by molar-refractivity contribution is 8.35. The number of rotatable bonds is 10. The summed E-state index contributed by atoms with van der Waals surface area (Å²) < 4.78 is 1.68. The minimum atomic E-state index is -1.24. The molecular weight excluding hydrogens is 513 g/mol. The fourth-order valence-corrected chi connectivity index (χ4v) is 15.5. The lowest BCUT2D eigenvalue weighted by molar-refractivity contribution is 0.497. The second kappa shape index (κ2) is 10.9. The lowest BCUT2D eigenvalue weighted by Gasteiger charge is -2.39. The van der Waals surface area contributed by atoms with Crippen LogP contribution < -0.4 is 0 Å². The van der Waals surface area contributed by atoms with Crippen LogP contribution in [0.1, 0.15) is 115 Å². The second-order valence-electron chi connectivity index (χ2n) is 12.8. The maximum Gasteiger partial charge on any atom is 0.0584 e. The summed E-state index contributed by atoms with van der Waals surface area (Å²) in [5.74, 6) is 2.12. The van der Waals surface area contributed by atoms with Crippen LogP contribution in [0.5, 0.6) is 0 Å². The topological polar surface area (TPSA) is 0 Å². The molecule has 4 heterocycles. The summed E-state index contributed by atoms with van der Waals surface area (Å²) in [6.07, 6.45) is 9.12. The highest BCUT2D eigenvalue weighted by atomic mass is 32.3. The van der Waals surface area contributed by atoms with E-state index in [2.05, 4.69) is 121 Å². The molecule has 200 valence electrons. The van der Waals surface area contributed by atoms with E-state index < -0.39 is 10.0 Å². The van der Waals surface area contributed by atoms with E-state index in [1.807, 2.05) is 0 Å². The normalized spacial score (nSPS) is 16.7. The van der Waals surface area contributed by atoms with Crippen molar-refractivity contribution in [1.82, 2.24) is 0 Å². The molecule has 0 N–H and O–H groups in total. The summed E-state index contributed by atoms with van der Waals surface area (Å²) >= 11 is 6.36. The van der Waals surface area contributed by atoms with Gasteiger partial charge in [0.25, 0.3) is 0 Å². The van der Waals surface area contributed by atoms with Gasteiger partial charge >= 0.3 is 0 Å². The van der Waals surface area contributed by atoms with Gasteiger partial charge in [-0.1, -0.05) is 88.0 Å². The predicted molar refractivity (Wildman–Crippen MR) is 169 cm³/mol. The van der Waals surface area contributed by atoms with Crippen molar-refractivity contribution in [2.24, 2.45) is 5.92 Å². The predicted octanol–water partition coefficient (Wildman–Crippen LogP) is 12.3. The van der Waals surface area contributed by atoms with Crippen molar-refractivity contribution in [3.8, 4) is 9.75 Å². The Hall–Kier alpha value is -0.550. The fraction of sp³-hybridized carbons (Fsp3) is 0.625. The van der Waals surface area contributed by atoms with Crippen LogP contribution in [0.15, 0.2) is 38.3 Å². The molecule has 0 saturated heterocycles. The van der Waals surface area contributed by atoms with Gasteiger partial charge in [-0.2, -0.15) is 0 Å². The lowest BCUT2D eigenvalue weighted by Crippen LogP contribution is -2.14. The van der Waals surface area contributed by atoms with Crippen LogP contribution in [0.2, 0.25) is 0 Å². The van der Waals surface area contributed by atoms with Gasteiger partial charge in [0.15, 0.2) is 0 Å². The third kappa shape index (κ3) is 5.31. The first-order valence-electron chi connectivity index (χ1n) is 14.1. The molecule has 1 unspecified atom stereocenters. The smallest absolute Gasteiger partial charge is 0.0584 e. The summed E-state index contributed by atoms with van der Waals surface area (Å²) in [5.41, 5.74) is 0.386. The number of hydrogen-bond donors (Lipinski definition) is 0. The summed E-state index contributed by atoms with van der Waals surface area (Å²) in [7, 11) is -1.24. The molecule has 3 aromatic heterocycles. The molecule has 1 aliphatic rings. The second-order valence-corrected chi connectivity index (χ2v) is 19.4. The van der Waals surface area contributed by atoms with Crippen molar-refractivity contribution in [2.45, 2.75) is 132 Å². The quantitative estimate of drug-likeness (QED) is 0.231. The molecule has 0 aliphatic carbocycles. The Morgan fingerprint density at radius 1 is 0.750 bits per heavy atom. The van der Waals surface area contributed by atoms with Gasteiger partial charge in [-0.05, 0) is 66.0 Å². The Balaban J connectivity index is 1.97. The molecule has 0 nitrogen and oxygen atoms in total. The molecule has 1 atom stereocenters. The van der Waals surface area contributed by atoms with E-state index in [1.165, 1.54) is 50.7 Å². The van der Waals surface area contributed by atoms with E-state index in [0.29, 0.717) is 0 Å². The minimum absolute atomic E-state index is 0.193. The van der Waals surface area contributed by atoms with Crippen molar-refractivity contribution in [3.63, 3.8) is 0 Å². The van der Waals surface area contributed by atoms with Gasteiger partial charge in [-0.3, -0.25) is 0 Å². The number of fused-ring (bicyclic) bond motifs is 3. The Kier molecular flexibility index (Phi) is 8.62. The Morgan fingerprint density at radius 3 is 1.78 bits per heavy atom. The summed E-state index contributed by atoms with van der Waals surface area (Å²) in [4.78, 5) is 11.3. The molecule has 0 fully saturated rings. The molecule has 4 heteroatoms. The van der Waals surface area contributed by atoms with Gasteiger partial charge in [-0.15, -0.1) is 44.0 Å². The minimum Gasteiger partial charge on any atom is -0.148 e. The average molecular weight is 561 g/mol. The van der Waals surface area contributed by atoms with Crippen molar-refractivity contribution >= 4 is 44.0 Å². The van der Waals surface area contributed by atoms with Crippen LogP contribution in [0.4, 0.5) is 0 Å². The van der Waals surface area contributed by atoms with Gasteiger partial charge in [0.1, 0.15) is 0 Å². The SMILES string of the molecule is CCCCc1ccc(S2(CC(CC)CCCC)c3cc(C(C)(C)C)sc3-c3sc(C(C)(C)C)cc32)s1. The number of aryl methyl sites for hydroxylation is 1. The van der Waals surface area contributed by atoms with Crippen LogP contribution in [0, 0.1) is 5.92 Å². The van der Waals surface area contributed by atoms with E-state index in [0.717, 1.165) is 5.92 Å². The molecule has 1 aliphatic heterocycles. The Labute approximate surface area is 235 Å². The van der Waals surface area contributed by atoms with Crippen LogP contribution in [-0.4, -0.2) is 5.75 Å². The van der Waals surface area contributed by atoms with E-state index in [4.69, 9.17) is 0 Å². The summed E-state index contributed by atoms with van der Waals surface area (Å²) in [6, 6.07) is 10.4. The van der Waals surface area contributed by atoms with E-state index in [9.17, 15) is 0 Å². The molecule has 0 amide bonds. The highest BCUT2D eigenvalue weighted by Crippen LogP contribution is 2.80. The molecule has 36 heavy (non-hydrogen) atoms. The van der Waals surface area contributed by atoms with Gasteiger partial charge in [0.2, 0.25) is 0 Å². The molecule has 4 rings (SSSR count). The van der Waals surface area contributed by atoms with Gasteiger partial charge in [0, 0.05) is 24.4 Å². The number of unbranched alkanes of at least 4 members (excludes halogenated alkanes) is 2. The zero-order chi connectivity index (χ0) is 26.3. The third-order valence-electron chi connectivity index (χ3n) is 7.62. The Bertz CT molecular complexity index is 1100. The molecule has 3 aromatic rings. The van der Waals surface area contributed by atoms with E-state index in [1.54, 1.807) is 38.4 Å². The maximum atomic E-state index is 2.66. The van der Waals surface area contributed by atoms with E-state index in [-0.39, 0.29) is 10.8 Å². The van der Waals surface area contributed by atoms with Gasteiger partial charge in [0.05, 0.1) is 14.0 Å². The van der Waals surface area contributed by atoms with Crippen molar-refractivity contribution in [2.75, 3.05) is 5.75 Å². The van der Waals surface area contributed by atoms with E-state index >= 15 is 0 Å². The fourth-order valence-electron chi connectivity index (χ4n) is 5.20. The van der Waals surface area contributed by atoms with Crippen LogP contribution in [-0.2, 0) is 17.3 Å². The van der Waals surface area contributed by atoms with Gasteiger partial charge < -0.3 is 0 Å². The van der Waals surface area contributed by atoms with Crippen molar-refractivity contribution in [1.29, 1.82) is 0 Å². The first kappa shape index (κ1) is 28.5. The molecule has 0 saturated carbocycles. The molecule has 0 spiro atoms. The molecule has 0 radical (unpaired) electrons. The van der Waals surface area contributed by atoms with Crippen molar-refractivity contribution in [3.05, 3.63) is 38.9 Å². The number of hydrogen-bond acceptors (Lipinski definition) is 3. The molecular formula is C32H48S4. The highest BCUT2D eigenvalue weighted by Gasteiger charge is 2.46. The third-order valence-corrected chi connectivity index (χ3v) is 17.1. The van der Waals surface area contributed by atoms with Gasteiger partial charge in [-0.25, -0.2) is 0 Å². The molecule has 0 aromatic carbocycles. The summed E-state index contributed by atoms with van der Waals surface area (Å²) in [5, 5.41) is 0.